The van der Waals surface area contributed by atoms with Crippen molar-refractivity contribution in [1.29, 1.82) is 0 Å². The number of carboxylic acids is 1. The summed E-state index contributed by atoms with van der Waals surface area (Å²) in [4.78, 5) is 30.3. The van der Waals surface area contributed by atoms with Crippen LogP contribution in [0.2, 0.25) is 0 Å². The number of urea groups is 1. The standard InChI is InChI=1S/C14H21N3O3S/c1-8-12(21-10(3)15-8)9(2)16-14(20)17-6-4-5-11(7-17)13(18)19/h9,11H,4-7H2,1-3H3,(H,16,20)(H,18,19). The van der Waals surface area contributed by atoms with Crippen LogP contribution in [-0.2, 0) is 4.79 Å². The third-order valence-electron chi connectivity index (χ3n) is 3.73. The molecule has 2 N–H and O–H groups in total. The number of piperidine rings is 1. The summed E-state index contributed by atoms with van der Waals surface area (Å²) in [5, 5.41) is 13.0. The van der Waals surface area contributed by atoms with E-state index in [1.807, 2.05) is 20.8 Å². The Hall–Kier alpha value is -1.63. The summed E-state index contributed by atoms with van der Waals surface area (Å²) in [5.41, 5.74) is 0.937. The zero-order valence-electron chi connectivity index (χ0n) is 12.5. The number of rotatable bonds is 3. The van der Waals surface area contributed by atoms with E-state index in [2.05, 4.69) is 10.3 Å². The van der Waals surface area contributed by atoms with Crippen molar-refractivity contribution < 1.29 is 14.7 Å². The number of aryl methyl sites for hydroxylation is 2. The summed E-state index contributed by atoms with van der Waals surface area (Å²) in [6.07, 6.45) is 1.37. The molecule has 0 bridgehead atoms. The first-order valence-electron chi connectivity index (χ1n) is 7.10. The maximum atomic E-state index is 12.3. The molecule has 1 aromatic heterocycles. The zero-order chi connectivity index (χ0) is 15.6. The van der Waals surface area contributed by atoms with E-state index in [1.165, 1.54) is 0 Å². The molecule has 6 nitrogen and oxygen atoms in total. The van der Waals surface area contributed by atoms with E-state index in [1.54, 1.807) is 16.2 Å². The molecule has 2 amide bonds. The van der Waals surface area contributed by atoms with E-state index in [0.29, 0.717) is 13.0 Å². The lowest BCUT2D eigenvalue weighted by atomic mass is 9.99. The van der Waals surface area contributed by atoms with Gasteiger partial charge in [-0.3, -0.25) is 4.79 Å². The van der Waals surface area contributed by atoms with Crippen LogP contribution in [-0.4, -0.2) is 40.1 Å². The van der Waals surface area contributed by atoms with Gasteiger partial charge in [0.15, 0.2) is 0 Å². The van der Waals surface area contributed by atoms with Crippen LogP contribution in [0.5, 0.6) is 0 Å². The minimum atomic E-state index is -0.825. The first kappa shape index (κ1) is 15.8. The molecule has 1 saturated heterocycles. The van der Waals surface area contributed by atoms with Gasteiger partial charge in [-0.05, 0) is 33.6 Å². The fraction of sp³-hybridized carbons (Fsp3) is 0.643. The Morgan fingerprint density at radius 1 is 1.48 bits per heavy atom. The van der Waals surface area contributed by atoms with Gasteiger partial charge in [-0.25, -0.2) is 9.78 Å². The highest BCUT2D eigenvalue weighted by Gasteiger charge is 2.29. The van der Waals surface area contributed by atoms with Gasteiger partial charge in [0.25, 0.3) is 0 Å². The Labute approximate surface area is 128 Å². The first-order chi connectivity index (χ1) is 9.88. The maximum Gasteiger partial charge on any atom is 0.317 e. The summed E-state index contributed by atoms with van der Waals surface area (Å²) in [7, 11) is 0. The molecule has 1 aliphatic rings. The SMILES string of the molecule is Cc1nc(C)c(C(C)NC(=O)N2CCCC(C(=O)O)C2)s1. The van der Waals surface area contributed by atoms with Gasteiger partial charge in [-0.2, -0.15) is 0 Å². The molecule has 7 heteroatoms. The second-order valence-electron chi connectivity index (χ2n) is 5.48. The minimum absolute atomic E-state index is 0.117. The number of thiazole rings is 1. The smallest absolute Gasteiger partial charge is 0.317 e. The zero-order valence-corrected chi connectivity index (χ0v) is 13.4. The van der Waals surface area contributed by atoms with E-state index in [0.717, 1.165) is 22.0 Å². The predicted octanol–water partition coefficient (Wildman–Crippen LogP) is 2.33. The fourth-order valence-electron chi connectivity index (χ4n) is 2.65. The summed E-state index contributed by atoms with van der Waals surface area (Å²) in [5.74, 6) is -1.28. The van der Waals surface area contributed by atoms with Crippen molar-refractivity contribution in [3.63, 3.8) is 0 Å². The summed E-state index contributed by atoms with van der Waals surface area (Å²) in [6.45, 7) is 6.70. The lowest BCUT2D eigenvalue weighted by Crippen LogP contribution is -2.47. The molecule has 116 valence electrons. The van der Waals surface area contributed by atoms with Crippen LogP contribution in [0.25, 0.3) is 0 Å². The van der Waals surface area contributed by atoms with Gasteiger partial charge in [-0.1, -0.05) is 0 Å². The van der Waals surface area contributed by atoms with Gasteiger partial charge in [0.05, 0.1) is 22.7 Å². The molecule has 0 spiro atoms. The Bertz CT molecular complexity index is 544. The summed E-state index contributed by atoms with van der Waals surface area (Å²) >= 11 is 1.58. The van der Waals surface area contributed by atoms with E-state index < -0.39 is 11.9 Å². The predicted molar refractivity (Wildman–Crippen MR) is 80.5 cm³/mol. The third-order valence-corrected chi connectivity index (χ3v) is 4.99. The molecule has 0 saturated carbocycles. The number of aliphatic carboxylic acids is 1. The Morgan fingerprint density at radius 3 is 2.76 bits per heavy atom. The fourth-order valence-corrected chi connectivity index (χ4v) is 3.58. The van der Waals surface area contributed by atoms with Crippen molar-refractivity contribution >= 4 is 23.3 Å². The van der Waals surface area contributed by atoms with E-state index in [-0.39, 0.29) is 18.6 Å². The number of hydrogen-bond donors (Lipinski definition) is 2. The molecular formula is C14H21N3O3S. The molecule has 1 aliphatic heterocycles. The number of likely N-dealkylation sites (tertiary alicyclic amines) is 1. The second-order valence-corrected chi connectivity index (χ2v) is 6.71. The average molecular weight is 311 g/mol. The summed E-state index contributed by atoms with van der Waals surface area (Å²) < 4.78 is 0. The number of hydrogen-bond acceptors (Lipinski definition) is 4. The average Bonchev–Trinajstić information content (AvgIpc) is 2.77. The van der Waals surface area contributed by atoms with Crippen LogP contribution in [0.1, 0.15) is 41.4 Å². The molecule has 1 fully saturated rings. The van der Waals surface area contributed by atoms with Crippen molar-refractivity contribution in [3.8, 4) is 0 Å². The highest BCUT2D eigenvalue weighted by atomic mass is 32.1. The molecule has 2 rings (SSSR count). The van der Waals surface area contributed by atoms with Crippen molar-refractivity contribution in [2.75, 3.05) is 13.1 Å². The lowest BCUT2D eigenvalue weighted by Gasteiger charge is -2.31. The van der Waals surface area contributed by atoms with Gasteiger partial charge in [0, 0.05) is 18.0 Å². The van der Waals surface area contributed by atoms with Crippen LogP contribution in [0.3, 0.4) is 0 Å². The number of carbonyl (C=O) groups is 2. The minimum Gasteiger partial charge on any atom is -0.481 e. The quantitative estimate of drug-likeness (QED) is 0.897. The van der Waals surface area contributed by atoms with Crippen LogP contribution < -0.4 is 5.32 Å². The van der Waals surface area contributed by atoms with Crippen molar-refractivity contribution in [2.45, 2.75) is 39.7 Å². The molecule has 1 aromatic rings. The largest absolute Gasteiger partial charge is 0.481 e. The lowest BCUT2D eigenvalue weighted by molar-refractivity contribution is -0.143. The molecule has 2 heterocycles. The van der Waals surface area contributed by atoms with Gasteiger partial charge in [0.1, 0.15) is 0 Å². The number of nitrogens with one attached hydrogen (secondary N) is 1. The Kier molecular flexibility index (Phi) is 4.82. The molecule has 0 radical (unpaired) electrons. The number of aromatic nitrogens is 1. The summed E-state index contributed by atoms with van der Waals surface area (Å²) in [6, 6.07) is -0.312. The molecule has 2 atom stereocenters. The number of carbonyl (C=O) groups excluding carboxylic acids is 1. The van der Waals surface area contributed by atoms with Gasteiger partial charge >= 0.3 is 12.0 Å². The van der Waals surface area contributed by atoms with Gasteiger partial charge < -0.3 is 15.3 Å². The van der Waals surface area contributed by atoms with Crippen LogP contribution in [0.4, 0.5) is 4.79 Å². The van der Waals surface area contributed by atoms with Crippen molar-refractivity contribution in [1.82, 2.24) is 15.2 Å². The number of amides is 2. The topological polar surface area (TPSA) is 82.5 Å². The first-order valence-corrected chi connectivity index (χ1v) is 7.92. The van der Waals surface area contributed by atoms with Crippen LogP contribution in [0, 0.1) is 19.8 Å². The van der Waals surface area contributed by atoms with Crippen molar-refractivity contribution in [3.05, 3.63) is 15.6 Å². The van der Waals surface area contributed by atoms with Crippen LogP contribution >= 0.6 is 11.3 Å². The second kappa shape index (κ2) is 6.43. The molecule has 21 heavy (non-hydrogen) atoms. The van der Waals surface area contributed by atoms with Crippen molar-refractivity contribution in [2.24, 2.45) is 5.92 Å². The van der Waals surface area contributed by atoms with E-state index >= 15 is 0 Å². The number of nitrogens with zero attached hydrogens (tertiary/aromatic N) is 2. The number of carboxylic acid groups (broad SMARTS) is 1. The van der Waals surface area contributed by atoms with Gasteiger partial charge in [-0.15, -0.1) is 11.3 Å². The van der Waals surface area contributed by atoms with E-state index in [9.17, 15) is 9.59 Å². The van der Waals surface area contributed by atoms with E-state index in [4.69, 9.17) is 5.11 Å². The monoisotopic (exact) mass is 311 g/mol. The highest BCUT2D eigenvalue weighted by Crippen LogP contribution is 2.25. The maximum absolute atomic E-state index is 12.3. The molecule has 2 unspecified atom stereocenters. The third kappa shape index (κ3) is 3.72. The molecule has 0 aliphatic carbocycles. The Balaban J connectivity index is 1.97. The normalized spacial score (nSPS) is 20.1. The highest BCUT2D eigenvalue weighted by molar-refractivity contribution is 7.11. The molecule has 0 aromatic carbocycles. The van der Waals surface area contributed by atoms with Crippen LogP contribution in [0.15, 0.2) is 0 Å². The molecular weight excluding hydrogens is 290 g/mol. The van der Waals surface area contributed by atoms with Gasteiger partial charge in [0.2, 0.25) is 0 Å². The Morgan fingerprint density at radius 2 is 2.19 bits per heavy atom.